The van der Waals surface area contributed by atoms with Crippen LogP contribution in [-0.2, 0) is 10.0 Å². The molecule has 0 aliphatic carbocycles. The van der Waals surface area contributed by atoms with Crippen LogP contribution in [0.4, 0.5) is 5.82 Å². The first-order chi connectivity index (χ1) is 17.4. The van der Waals surface area contributed by atoms with Gasteiger partial charge < -0.3 is 14.0 Å². The number of nitrogens with zero attached hydrogens (tertiary/aromatic N) is 2. The highest BCUT2D eigenvalue weighted by Gasteiger charge is 2.18. The predicted octanol–water partition coefficient (Wildman–Crippen LogP) is 4.46. The van der Waals surface area contributed by atoms with E-state index in [-0.39, 0.29) is 16.3 Å². The fraction of sp³-hybridized carbons (Fsp3) is 0.0769. The number of pyridine rings is 1. The molecule has 10 heteroatoms. The molecule has 1 N–H and O–H groups in total. The molecule has 0 aliphatic rings. The number of hydrogen-bond donors (Lipinski definition) is 1. The van der Waals surface area contributed by atoms with Crippen molar-refractivity contribution in [2.75, 3.05) is 18.9 Å². The van der Waals surface area contributed by atoms with E-state index in [1.54, 1.807) is 25.3 Å². The molecule has 0 radical (unpaired) electrons. The smallest absolute Gasteiger partial charge is 0.263 e. The van der Waals surface area contributed by atoms with Crippen LogP contribution in [0.3, 0.4) is 0 Å². The highest BCUT2D eigenvalue weighted by atomic mass is 32.2. The Hall–Kier alpha value is -4.57. The van der Waals surface area contributed by atoms with Crippen molar-refractivity contribution in [3.05, 3.63) is 95.5 Å². The molecule has 36 heavy (non-hydrogen) atoms. The zero-order valence-electron chi connectivity index (χ0n) is 19.3. The van der Waals surface area contributed by atoms with Crippen molar-refractivity contribution in [3.63, 3.8) is 0 Å². The van der Waals surface area contributed by atoms with Gasteiger partial charge in [0.1, 0.15) is 17.8 Å². The molecule has 182 valence electrons. The van der Waals surface area contributed by atoms with Crippen molar-refractivity contribution in [3.8, 4) is 28.3 Å². The zero-order chi connectivity index (χ0) is 25.3. The molecule has 0 saturated heterocycles. The standard InChI is InChI=1S/C26H21N3O6S/c1-33-20-5-3-4-17(14-20)18-6-10-24(34-2)23(16-18)29-22-9-8-21(15-19(22)7-11-26(29)30)36(31,32)28-25-12-13-35-27-25/h3-16H,1-2H3,(H,27,28). The number of benzene rings is 3. The average Bonchev–Trinajstić information content (AvgIpc) is 3.40. The predicted molar refractivity (Wildman–Crippen MR) is 135 cm³/mol. The Bertz CT molecular complexity index is 1730. The summed E-state index contributed by atoms with van der Waals surface area (Å²) in [6.07, 6.45) is 1.27. The molecule has 5 rings (SSSR count). The van der Waals surface area contributed by atoms with E-state index in [0.717, 1.165) is 11.1 Å². The maximum absolute atomic E-state index is 13.1. The molecule has 0 amide bonds. The third-order valence-electron chi connectivity index (χ3n) is 5.68. The number of rotatable bonds is 7. The molecule has 5 aromatic rings. The Balaban J connectivity index is 1.65. The summed E-state index contributed by atoms with van der Waals surface area (Å²) in [5, 5.41) is 4.13. The fourth-order valence-corrected chi connectivity index (χ4v) is 4.98. The van der Waals surface area contributed by atoms with Gasteiger partial charge in [-0.1, -0.05) is 23.4 Å². The number of aromatic nitrogens is 2. The number of fused-ring (bicyclic) bond motifs is 1. The van der Waals surface area contributed by atoms with Crippen LogP contribution < -0.4 is 19.8 Å². The van der Waals surface area contributed by atoms with Gasteiger partial charge in [-0.25, -0.2) is 8.42 Å². The van der Waals surface area contributed by atoms with Crippen molar-refractivity contribution in [2.24, 2.45) is 0 Å². The lowest BCUT2D eigenvalue weighted by Crippen LogP contribution is -2.19. The third-order valence-corrected chi connectivity index (χ3v) is 7.03. The molecule has 9 nitrogen and oxygen atoms in total. The van der Waals surface area contributed by atoms with Crippen LogP contribution in [0.15, 0.2) is 99.3 Å². The van der Waals surface area contributed by atoms with Gasteiger partial charge in [0.15, 0.2) is 5.82 Å². The molecule has 0 fully saturated rings. The van der Waals surface area contributed by atoms with E-state index < -0.39 is 10.0 Å². The second-order valence-corrected chi connectivity index (χ2v) is 9.52. The summed E-state index contributed by atoms with van der Waals surface area (Å²) < 4.78 is 45.1. The molecule has 0 spiro atoms. The van der Waals surface area contributed by atoms with Gasteiger partial charge in [0.2, 0.25) is 0 Å². The van der Waals surface area contributed by atoms with E-state index >= 15 is 0 Å². The van der Waals surface area contributed by atoms with E-state index in [1.807, 2.05) is 36.4 Å². The molecule has 0 saturated carbocycles. The molecular weight excluding hydrogens is 482 g/mol. The van der Waals surface area contributed by atoms with Crippen LogP contribution >= 0.6 is 0 Å². The first-order valence-corrected chi connectivity index (χ1v) is 12.3. The summed E-state index contributed by atoms with van der Waals surface area (Å²) in [5.74, 6) is 1.26. The Morgan fingerprint density at radius 1 is 0.889 bits per heavy atom. The molecule has 3 aromatic carbocycles. The van der Waals surface area contributed by atoms with Crippen molar-refractivity contribution >= 4 is 26.7 Å². The van der Waals surface area contributed by atoms with Crippen molar-refractivity contribution < 1.29 is 22.4 Å². The lowest BCUT2D eigenvalue weighted by Gasteiger charge is -2.16. The van der Waals surface area contributed by atoms with Gasteiger partial charge >= 0.3 is 0 Å². The van der Waals surface area contributed by atoms with Gasteiger partial charge in [-0.2, -0.15) is 0 Å². The van der Waals surface area contributed by atoms with Crippen molar-refractivity contribution in [1.82, 2.24) is 9.72 Å². The Morgan fingerprint density at radius 3 is 2.47 bits per heavy atom. The summed E-state index contributed by atoms with van der Waals surface area (Å²) in [7, 11) is -0.792. The normalized spacial score (nSPS) is 11.4. The minimum atomic E-state index is -3.92. The van der Waals surface area contributed by atoms with Crippen LogP contribution in [0.1, 0.15) is 0 Å². The third kappa shape index (κ3) is 4.29. The van der Waals surface area contributed by atoms with Crippen molar-refractivity contribution in [1.29, 1.82) is 0 Å². The maximum atomic E-state index is 13.1. The molecule has 2 aromatic heterocycles. The van der Waals surface area contributed by atoms with Gasteiger partial charge in [0.25, 0.3) is 15.6 Å². The Morgan fingerprint density at radius 2 is 1.72 bits per heavy atom. The average molecular weight is 504 g/mol. The highest BCUT2D eigenvalue weighted by Crippen LogP contribution is 2.32. The van der Waals surface area contributed by atoms with Crippen molar-refractivity contribution in [2.45, 2.75) is 4.90 Å². The van der Waals surface area contributed by atoms with Gasteiger partial charge in [-0.15, -0.1) is 0 Å². The first-order valence-electron chi connectivity index (χ1n) is 10.8. The van der Waals surface area contributed by atoms with E-state index in [2.05, 4.69) is 14.4 Å². The second-order valence-electron chi connectivity index (χ2n) is 7.84. The molecule has 0 atom stereocenters. The van der Waals surface area contributed by atoms with E-state index in [4.69, 9.17) is 9.47 Å². The topological polar surface area (TPSA) is 113 Å². The van der Waals surface area contributed by atoms with Gasteiger partial charge in [-0.3, -0.25) is 14.1 Å². The fourth-order valence-electron chi connectivity index (χ4n) is 3.95. The van der Waals surface area contributed by atoms with Crippen LogP contribution in [0, 0.1) is 0 Å². The maximum Gasteiger partial charge on any atom is 0.263 e. The molecular formula is C26H21N3O6S. The summed E-state index contributed by atoms with van der Waals surface area (Å²) in [5.41, 5.74) is 2.50. The SMILES string of the molecule is COc1cccc(-c2ccc(OC)c(-n3c(=O)ccc4cc(S(=O)(=O)Nc5ccon5)ccc43)c2)c1. The Labute approximate surface area is 206 Å². The van der Waals surface area contributed by atoms with Crippen LogP contribution in [0.2, 0.25) is 0 Å². The van der Waals surface area contributed by atoms with Crippen LogP contribution in [0.25, 0.3) is 27.7 Å². The second kappa shape index (κ2) is 9.23. The largest absolute Gasteiger partial charge is 0.497 e. The number of nitrogens with one attached hydrogen (secondary N) is 1. The lowest BCUT2D eigenvalue weighted by molar-refractivity contribution is 0.413. The van der Waals surface area contributed by atoms with E-state index in [1.165, 1.54) is 42.2 Å². The van der Waals surface area contributed by atoms with Crippen LogP contribution in [-0.4, -0.2) is 32.4 Å². The van der Waals surface area contributed by atoms with Gasteiger partial charge in [0.05, 0.1) is 30.3 Å². The number of sulfonamides is 1. The zero-order valence-corrected chi connectivity index (χ0v) is 20.2. The lowest BCUT2D eigenvalue weighted by atomic mass is 10.0. The van der Waals surface area contributed by atoms with E-state index in [9.17, 15) is 13.2 Å². The van der Waals surface area contributed by atoms with Gasteiger partial charge in [-0.05, 0) is 59.7 Å². The number of methoxy groups -OCH3 is 2. The summed E-state index contributed by atoms with van der Waals surface area (Å²) >= 11 is 0. The quantitative estimate of drug-likeness (QED) is 0.349. The minimum Gasteiger partial charge on any atom is -0.497 e. The first kappa shape index (κ1) is 23.2. The molecule has 2 heterocycles. The highest BCUT2D eigenvalue weighted by molar-refractivity contribution is 7.92. The number of anilines is 1. The molecule has 0 bridgehead atoms. The Kier molecular flexibility index (Phi) is 5.95. The minimum absolute atomic E-state index is 0.0142. The summed E-state index contributed by atoms with van der Waals surface area (Å²) in [6.45, 7) is 0. The summed E-state index contributed by atoms with van der Waals surface area (Å²) in [4.78, 5) is 13.1. The van der Waals surface area contributed by atoms with Crippen LogP contribution in [0.5, 0.6) is 11.5 Å². The summed E-state index contributed by atoms with van der Waals surface area (Å²) in [6, 6.07) is 22.0. The van der Waals surface area contributed by atoms with Gasteiger partial charge in [0, 0.05) is 17.5 Å². The monoisotopic (exact) mass is 503 g/mol. The number of hydrogen-bond acceptors (Lipinski definition) is 7. The number of ether oxygens (including phenoxy) is 2. The molecule has 0 aliphatic heterocycles. The van der Waals surface area contributed by atoms with E-state index in [0.29, 0.717) is 28.1 Å². The molecule has 0 unspecified atom stereocenters.